The lowest BCUT2D eigenvalue weighted by atomic mass is 10.0. The molecule has 0 aliphatic heterocycles. The molecule has 2 aromatic rings. The second-order valence-corrected chi connectivity index (χ2v) is 6.06. The van der Waals surface area contributed by atoms with Crippen molar-refractivity contribution in [3.05, 3.63) is 40.2 Å². The molecule has 0 saturated heterocycles. The molecule has 1 aromatic heterocycles. The highest BCUT2D eigenvalue weighted by Gasteiger charge is 2.04. The maximum atomic E-state index is 4.56. The molecule has 90 valence electrons. The first kappa shape index (κ1) is 12.8. The van der Waals surface area contributed by atoms with Crippen molar-refractivity contribution in [3.63, 3.8) is 0 Å². The van der Waals surface area contributed by atoms with E-state index in [1.165, 1.54) is 11.1 Å². The monoisotopic (exact) mass is 309 g/mol. The molecule has 3 heteroatoms. The zero-order valence-electron chi connectivity index (χ0n) is 10.1. The largest absolute Gasteiger partial charge is 0.240 e. The van der Waals surface area contributed by atoms with Crippen LogP contribution in [0, 0.1) is 5.92 Å². The lowest BCUT2D eigenvalue weighted by Gasteiger charge is -2.05. The SMILES string of the molecule is CC(C)Cc1ccc(-c2csc(CBr)n2)cc1. The Kier molecular flexibility index (Phi) is 4.35. The Morgan fingerprint density at radius 2 is 1.94 bits per heavy atom. The summed E-state index contributed by atoms with van der Waals surface area (Å²) in [6, 6.07) is 8.76. The van der Waals surface area contributed by atoms with Crippen LogP contribution in [-0.4, -0.2) is 4.98 Å². The molecule has 1 aromatic carbocycles. The van der Waals surface area contributed by atoms with Crippen molar-refractivity contribution < 1.29 is 0 Å². The van der Waals surface area contributed by atoms with Gasteiger partial charge in [0, 0.05) is 10.9 Å². The van der Waals surface area contributed by atoms with Gasteiger partial charge in [-0.25, -0.2) is 4.98 Å². The van der Waals surface area contributed by atoms with E-state index in [0.717, 1.165) is 22.5 Å². The third-order valence-corrected chi connectivity index (χ3v) is 4.31. The number of halogens is 1. The van der Waals surface area contributed by atoms with Gasteiger partial charge < -0.3 is 0 Å². The van der Waals surface area contributed by atoms with E-state index in [2.05, 4.69) is 64.4 Å². The third kappa shape index (κ3) is 3.39. The van der Waals surface area contributed by atoms with Gasteiger partial charge in [-0.3, -0.25) is 0 Å². The van der Waals surface area contributed by atoms with E-state index in [1.54, 1.807) is 11.3 Å². The molecule has 1 heterocycles. The Bertz CT molecular complexity index is 473. The third-order valence-electron chi connectivity index (χ3n) is 2.56. The molecule has 0 spiro atoms. The summed E-state index contributed by atoms with van der Waals surface area (Å²) in [7, 11) is 0. The lowest BCUT2D eigenvalue weighted by molar-refractivity contribution is 0.647. The maximum absolute atomic E-state index is 4.56. The van der Waals surface area contributed by atoms with Gasteiger partial charge in [0.1, 0.15) is 5.01 Å². The summed E-state index contributed by atoms with van der Waals surface area (Å²) in [6.45, 7) is 4.49. The molecule has 0 aliphatic rings. The van der Waals surface area contributed by atoms with Gasteiger partial charge >= 0.3 is 0 Å². The van der Waals surface area contributed by atoms with Crippen LogP contribution in [0.15, 0.2) is 29.6 Å². The first-order valence-corrected chi connectivity index (χ1v) is 7.79. The smallest absolute Gasteiger partial charge is 0.104 e. The van der Waals surface area contributed by atoms with Crippen LogP contribution >= 0.6 is 27.3 Å². The molecule has 0 unspecified atom stereocenters. The van der Waals surface area contributed by atoms with Crippen LogP contribution in [0.3, 0.4) is 0 Å². The zero-order valence-corrected chi connectivity index (χ0v) is 12.5. The van der Waals surface area contributed by atoms with E-state index in [-0.39, 0.29) is 0 Å². The number of benzene rings is 1. The van der Waals surface area contributed by atoms with Gasteiger partial charge in [0.15, 0.2) is 0 Å². The second kappa shape index (κ2) is 5.78. The van der Waals surface area contributed by atoms with Crippen LogP contribution in [0.25, 0.3) is 11.3 Å². The summed E-state index contributed by atoms with van der Waals surface area (Å²) in [4.78, 5) is 4.56. The summed E-state index contributed by atoms with van der Waals surface area (Å²) in [5.41, 5.74) is 3.70. The second-order valence-electron chi connectivity index (χ2n) is 4.56. The molecule has 0 radical (unpaired) electrons. The Morgan fingerprint density at radius 1 is 1.24 bits per heavy atom. The van der Waals surface area contributed by atoms with Crippen LogP contribution in [0.4, 0.5) is 0 Å². The highest BCUT2D eigenvalue weighted by atomic mass is 79.9. The van der Waals surface area contributed by atoms with Gasteiger partial charge in [-0.15, -0.1) is 11.3 Å². The molecule has 0 aliphatic carbocycles. The first-order valence-electron chi connectivity index (χ1n) is 5.78. The van der Waals surface area contributed by atoms with E-state index in [1.807, 2.05) is 0 Å². The van der Waals surface area contributed by atoms with Gasteiger partial charge in [-0.05, 0) is 17.9 Å². The fourth-order valence-corrected chi connectivity index (χ4v) is 2.96. The van der Waals surface area contributed by atoms with Crippen molar-refractivity contribution >= 4 is 27.3 Å². The van der Waals surface area contributed by atoms with Crippen molar-refractivity contribution in [2.45, 2.75) is 25.6 Å². The highest BCUT2D eigenvalue weighted by molar-refractivity contribution is 9.08. The van der Waals surface area contributed by atoms with Crippen LogP contribution in [0.1, 0.15) is 24.4 Å². The molecular formula is C14H16BrNS. The Hall–Kier alpha value is -0.670. The number of thiazole rings is 1. The number of nitrogens with zero attached hydrogens (tertiary/aromatic N) is 1. The van der Waals surface area contributed by atoms with Gasteiger partial charge in [0.2, 0.25) is 0 Å². The zero-order chi connectivity index (χ0) is 12.3. The van der Waals surface area contributed by atoms with Crippen LogP contribution in [0.5, 0.6) is 0 Å². The van der Waals surface area contributed by atoms with E-state index in [4.69, 9.17) is 0 Å². The summed E-state index contributed by atoms with van der Waals surface area (Å²) in [5, 5.41) is 4.09. The predicted molar refractivity (Wildman–Crippen MR) is 78.7 cm³/mol. The standard InChI is InChI=1S/C14H16BrNS/c1-10(2)7-11-3-5-12(6-4-11)13-9-17-14(8-15)16-13/h3-6,9-10H,7-8H2,1-2H3. The van der Waals surface area contributed by atoms with Crippen molar-refractivity contribution in [1.29, 1.82) is 0 Å². The van der Waals surface area contributed by atoms with E-state index < -0.39 is 0 Å². The first-order chi connectivity index (χ1) is 8.19. The molecule has 0 amide bonds. The molecule has 17 heavy (non-hydrogen) atoms. The molecule has 0 N–H and O–H groups in total. The van der Waals surface area contributed by atoms with E-state index in [0.29, 0.717) is 5.92 Å². The topological polar surface area (TPSA) is 12.9 Å². The van der Waals surface area contributed by atoms with Crippen LogP contribution < -0.4 is 0 Å². The molecule has 1 nitrogen and oxygen atoms in total. The number of hydrogen-bond donors (Lipinski definition) is 0. The van der Waals surface area contributed by atoms with Crippen molar-refractivity contribution in [3.8, 4) is 11.3 Å². The lowest BCUT2D eigenvalue weighted by Crippen LogP contribution is -1.93. The molecule has 0 bridgehead atoms. The minimum absolute atomic E-state index is 0.708. The summed E-state index contributed by atoms with van der Waals surface area (Å²) in [5.74, 6) is 0.708. The molecule has 2 rings (SSSR count). The van der Waals surface area contributed by atoms with E-state index in [9.17, 15) is 0 Å². The highest BCUT2D eigenvalue weighted by Crippen LogP contribution is 2.23. The van der Waals surface area contributed by atoms with Crippen molar-refractivity contribution in [2.75, 3.05) is 0 Å². The van der Waals surface area contributed by atoms with Gasteiger partial charge in [0.05, 0.1) is 11.0 Å². The van der Waals surface area contributed by atoms with Gasteiger partial charge in [-0.2, -0.15) is 0 Å². The number of aromatic nitrogens is 1. The normalized spacial score (nSPS) is 11.1. The van der Waals surface area contributed by atoms with Crippen molar-refractivity contribution in [2.24, 2.45) is 5.92 Å². The van der Waals surface area contributed by atoms with E-state index >= 15 is 0 Å². The summed E-state index contributed by atoms with van der Waals surface area (Å²) < 4.78 is 0. The number of rotatable bonds is 4. The number of hydrogen-bond acceptors (Lipinski definition) is 2. The fraction of sp³-hybridized carbons (Fsp3) is 0.357. The number of alkyl halides is 1. The molecule has 0 fully saturated rings. The minimum Gasteiger partial charge on any atom is -0.240 e. The van der Waals surface area contributed by atoms with Gasteiger partial charge in [0.25, 0.3) is 0 Å². The average molecular weight is 310 g/mol. The minimum atomic E-state index is 0.708. The summed E-state index contributed by atoms with van der Waals surface area (Å²) >= 11 is 5.13. The molecule has 0 saturated carbocycles. The fourth-order valence-electron chi connectivity index (χ4n) is 1.79. The summed E-state index contributed by atoms with van der Waals surface area (Å²) in [6.07, 6.45) is 1.14. The maximum Gasteiger partial charge on any atom is 0.104 e. The Balaban J connectivity index is 2.17. The Morgan fingerprint density at radius 3 is 2.47 bits per heavy atom. The quantitative estimate of drug-likeness (QED) is 0.732. The Labute approximate surface area is 115 Å². The van der Waals surface area contributed by atoms with Crippen LogP contribution in [0.2, 0.25) is 0 Å². The molecular weight excluding hydrogens is 294 g/mol. The predicted octanol–water partition coefficient (Wildman–Crippen LogP) is 4.90. The average Bonchev–Trinajstić information content (AvgIpc) is 2.78. The van der Waals surface area contributed by atoms with Crippen LogP contribution in [-0.2, 0) is 11.8 Å². The molecule has 0 atom stereocenters. The van der Waals surface area contributed by atoms with Crippen molar-refractivity contribution in [1.82, 2.24) is 4.98 Å². The van der Waals surface area contributed by atoms with Gasteiger partial charge in [-0.1, -0.05) is 54.0 Å².